The van der Waals surface area contributed by atoms with Gasteiger partial charge in [-0.1, -0.05) is 74.0 Å². The molecule has 31 heavy (non-hydrogen) atoms. The van der Waals surface area contributed by atoms with Crippen molar-refractivity contribution in [2.75, 3.05) is 0 Å². The van der Waals surface area contributed by atoms with E-state index in [1.54, 1.807) is 55.5 Å². The highest BCUT2D eigenvalue weighted by molar-refractivity contribution is 6.10. The van der Waals surface area contributed by atoms with Crippen LogP contribution >= 0.6 is 0 Å². The Hall–Kier alpha value is -2.84. The van der Waals surface area contributed by atoms with Crippen molar-refractivity contribution in [2.45, 2.75) is 50.7 Å². The van der Waals surface area contributed by atoms with Gasteiger partial charge in [0.05, 0.1) is 6.54 Å². The molecular weight excluding hydrogens is 420 g/mol. The van der Waals surface area contributed by atoms with E-state index in [9.17, 15) is 26.3 Å². The number of halogens is 6. The molecule has 9 heteroatoms. The third-order valence-corrected chi connectivity index (χ3v) is 4.89. The Morgan fingerprint density at radius 1 is 0.806 bits per heavy atom. The van der Waals surface area contributed by atoms with Crippen LogP contribution in [0.5, 0.6) is 0 Å². The number of benzene rings is 2. The monoisotopic (exact) mass is 441 g/mol. The van der Waals surface area contributed by atoms with Crippen LogP contribution in [0, 0.1) is 0 Å². The lowest BCUT2D eigenvalue weighted by atomic mass is 10.0. The molecule has 0 aliphatic carbocycles. The first-order valence-corrected chi connectivity index (χ1v) is 9.78. The minimum absolute atomic E-state index is 0.0386. The van der Waals surface area contributed by atoms with Gasteiger partial charge in [0.25, 0.3) is 0 Å². The second kappa shape index (κ2) is 8.72. The summed E-state index contributed by atoms with van der Waals surface area (Å²) in [5.41, 5.74) is -3.68. The van der Waals surface area contributed by atoms with Gasteiger partial charge in [-0.2, -0.15) is 26.3 Å². The fraction of sp³-hybridized carbons (Fsp3) is 0.364. The molecule has 3 nitrogen and oxygen atoms in total. The van der Waals surface area contributed by atoms with Crippen LogP contribution in [0.1, 0.15) is 37.3 Å². The molecule has 1 aliphatic rings. The largest absolute Gasteiger partial charge is 0.443 e. The van der Waals surface area contributed by atoms with E-state index >= 15 is 0 Å². The molecule has 0 spiro atoms. The summed E-state index contributed by atoms with van der Waals surface area (Å²) in [5.74, 6) is -0.686. The minimum Gasteiger partial charge on any atom is -0.310 e. The van der Waals surface area contributed by atoms with Crippen LogP contribution in [-0.4, -0.2) is 34.6 Å². The molecule has 0 saturated carbocycles. The van der Waals surface area contributed by atoms with Crippen molar-refractivity contribution in [3.63, 3.8) is 0 Å². The molecule has 0 radical (unpaired) electrons. The van der Waals surface area contributed by atoms with Gasteiger partial charge >= 0.3 is 18.0 Å². The van der Waals surface area contributed by atoms with Crippen molar-refractivity contribution < 1.29 is 26.3 Å². The summed E-state index contributed by atoms with van der Waals surface area (Å²) < 4.78 is 83.3. The molecule has 1 aliphatic heterocycles. The lowest BCUT2D eigenvalue weighted by Gasteiger charge is -2.39. The fourth-order valence-corrected chi connectivity index (χ4v) is 3.29. The van der Waals surface area contributed by atoms with Crippen LogP contribution in [0.15, 0.2) is 70.6 Å². The van der Waals surface area contributed by atoms with Gasteiger partial charge in [-0.3, -0.25) is 0 Å². The van der Waals surface area contributed by atoms with Gasteiger partial charge in [-0.05, 0) is 12.0 Å². The molecule has 166 valence electrons. The van der Waals surface area contributed by atoms with E-state index < -0.39 is 23.9 Å². The highest BCUT2D eigenvalue weighted by atomic mass is 19.4. The highest BCUT2D eigenvalue weighted by Crippen LogP contribution is 2.49. The van der Waals surface area contributed by atoms with Crippen molar-refractivity contribution in [2.24, 2.45) is 9.98 Å². The number of hydrogen-bond acceptors (Lipinski definition) is 3. The van der Waals surface area contributed by atoms with E-state index in [1.807, 2.05) is 0 Å². The SMILES string of the molecule is CCCCC1=NC(C(F)(F)F)(C(F)(F)F)N=C(c2ccccc2)N1Cc1ccccc1. The first-order valence-electron chi connectivity index (χ1n) is 9.78. The third-order valence-electron chi connectivity index (χ3n) is 4.89. The van der Waals surface area contributed by atoms with Crippen LogP contribution in [0.2, 0.25) is 0 Å². The zero-order valence-corrected chi connectivity index (χ0v) is 16.7. The molecule has 0 bridgehead atoms. The van der Waals surface area contributed by atoms with E-state index in [1.165, 1.54) is 17.0 Å². The van der Waals surface area contributed by atoms with Crippen LogP contribution < -0.4 is 0 Å². The molecule has 0 fully saturated rings. The van der Waals surface area contributed by atoms with E-state index in [0.29, 0.717) is 18.4 Å². The van der Waals surface area contributed by atoms with E-state index in [0.717, 1.165) is 0 Å². The first kappa shape index (κ1) is 22.8. The number of alkyl halides is 6. The summed E-state index contributed by atoms with van der Waals surface area (Å²) in [5, 5.41) is 0. The average molecular weight is 441 g/mol. The highest BCUT2D eigenvalue weighted by Gasteiger charge is 2.73. The zero-order valence-electron chi connectivity index (χ0n) is 16.7. The van der Waals surface area contributed by atoms with Gasteiger partial charge in [0, 0.05) is 12.0 Å². The summed E-state index contributed by atoms with van der Waals surface area (Å²) in [7, 11) is 0. The predicted octanol–water partition coefficient (Wildman–Crippen LogP) is 6.36. The van der Waals surface area contributed by atoms with E-state index in [2.05, 4.69) is 9.98 Å². The van der Waals surface area contributed by atoms with Gasteiger partial charge in [-0.25, -0.2) is 9.98 Å². The fourth-order valence-electron chi connectivity index (χ4n) is 3.29. The standard InChI is InChI=1S/C22H21F6N3/c1-2-3-14-18-29-20(21(23,24)25,22(26,27)28)30-19(17-12-8-5-9-13-17)31(18)15-16-10-6-4-7-11-16/h4-13H,2-3,14-15H2,1H3. The maximum atomic E-state index is 13.9. The predicted molar refractivity (Wildman–Crippen MR) is 107 cm³/mol. The van der Waals surface area contributed by atoms with Gasteiger partial charge in [0.15, 0.2) is 0 Å². The minimum atomic E-state index is -5.75. The van der Waals surface area contributed by atoms with Gasteiger partial charge in [-0.15, -0.1) is 0 Å². The number of hydrogen-bond donors (Lipinski definition) is 0. The van der Waals surface area contributed by atoms with Crippen molar-refractivity contribution in [1.29, 1.82) is 0 Å². The van der Waals surface area contributed by atoms with Gasteiger partial charge in [0.1, 0.15) is 11.7 Å². The maximum absolute atomic E-state index is 13.9. The third kappa shape index (κ3) is 4.60. The summed E-state index contributed by atoms with van der Waals surface area (Å²) >= 11 is 0. The molecule has 1 heterocycles. The summed E-state index contributed by atoms with van der Waals surface area (Å²) in [6.07, 6.45) is -10.6. The Bertz CT molecular complexity index is 919. The van der Waals surface area contributed by atoms with Crippen LogP contribution in [0.25, 0.3) is 0 Å². The zero-order chi connectivity index (χ0) is 22.7. The first-order chi connectivity index (χ1) is 14.6. The molecule has 0 amide bonds. The Kier molecular flexibility index (Phi) is 6.43. The van der Waals surface area contributed by atoms with Gasteiger partial charge < -0.3 is 4.90 Å². The average Bonchev–Trinajstić information content (AvgIpc) is 2.72. The lowest BCUT2D eigenvalue weighted by Crippen LogP contribution is -2.59. The van der Waals surface area contributed by atoms with Gasteiger partial charge in [0.2, 0.25) is 0 Å². The molecule has 0 unspecified atom stereocenters. The summed E-state index contributed by atoms with van der Waals surface area (Å²) in [6.45, 7) is 1.85. The van der Waals surface area contributed by atoms with E-state index in [4.69, 9.17) is 0 Å². The second-order valence-corrected chi connectivity index (χ2v) is 7.17. The number of aliphatic imine (C=N–C) groups is 2. The smallest absolute Gasteiger partial charge is 0.310 e. The normalized spacial score (nSPS) is 16.7. The number of rotatable bonds is 6. The topological polar surface area (TPSA) is 28.0 Å². The Labute approximate surface area is 176 Å². The quantitative estimate of drug-likeness (QED) is 0.480. The van der Waals surface area contributed by atoms with Crippen LogP contribution in [-0.2, 0) is 6.54 Å². The number of nitrogens with zero attached hydrogens (tertiary/aromatic N) is 3. The summed E-state index contributed by atoms with van der Waals surface area (Å²) in [4.78, 5) is 7.88. The lowest BCUT2D eigenvalue weighted by molar-refractivity contribution is -0.293. The van der Waals surface area contributed by atoms with Crippen molar-refractivity contribution in [3.8, 4) is 0 Å². The Morgan fingerprint density at radius 3 is 1.87 bits per heavy atom. The molecule has 0 saturated heterocycles. The second-order valence-electron chi connectivity index (χ2n) is 7.17. The molecule has 3 rings (SSSR count). The van der Waals surface area contributed by atoms with E-state index in [-0.39, 0.29) is 24.4 Å². The molecular formula is C22H21F6N3. The van der Waals surface area contributed by atoms with Crippen LogP contribution in [0.4, 0.5) is 26.3 Å². The summed E-state index contributed by atoms with van der Waals surface area (Å²) in [6, 6.07) is 16.3. The molecule has 0 aromatic heterocycles. The van der Waals surface area contributed by atoms with Crippen LogP contribution in [0.3, 0.4) is 0 Å². The maximum Gasteiger partial charge on any atom is 0.443 e. The molecule has 2 aromatic rings. The van der Waals surface area contributed by atoms with Crippen molar-refractivity contribution >= 4 is 11.7 Å². The molecule has 0 N–H and O–H groups in total. The van der Waals surface area contributed by atoms with Crippen molar-refractivity contribution in [1.82, 2.24) is 4.90 Å². The Balaban J connectivity index is 2.24. The van der Waals surface area contributed by atoms with Crippen molar-refractivity contribution in [3.05, 3.63) is 71.8 Å². The Morgan fingerprint density at radius 2 is 1.35 bits per heavy atom. The number of amidine groups is 2. The number of unbranched alkanes of at least 4 members (excludes halogenated alkanes) is 1. The molecule has 2 aromatic carbocycles. The molecule has 0 atom stereocenters.